The zero-order valence-electron chi connectivity index (χ0n) is 13.2. The number of carbonyl (C=O) groups is 1. The number of aryl methyl sites for hydroxylation is 1. The Bertz CT molecular complexity index is 852. The fourth-order valence-electron chi connectivity index (χ4n) is 2.83. The second-order valence-electron chi connectivity index (χ2n) is 6.05. The van der Waals surface area contributed by atoms with E-state index in [0.29, 0.717) is 19.4 Å². The Balaban J connectivity index is 1.82. The third kappa shape index (κ3) is 3.05. The number of sulfone groups is 1. The lowest BCUT2D eigenvalue weighted by molar-refractivity contribution is -0.125. The molecule has 1 heterocycles. The molecular formula is C17H18BrNO3S2. The standard InChI is InChI=1S/C17H18BrNO3S2/c1-12-3-6-14(7-4-12)24(21,22)17(9-2-10-17)16(20)19-11-13-5-8-15(18)23-13/h3-8H,2,9-11H2,1H3,(H,19,20). The van der Waals surface area contributed by atoms with Crippen LogP contribution in [-0.2, 0) is 21.2 Å². The highest BCUT2D eigenvalue weighted by Gasteiger charge is 2.55. The van der Waals surface area contributed by atoms with E-state index in [1.54, 1.807) is 24.3 Å². The van der Waals surface area contributed by atoms with Crippen molar-refractivity contribution < 1.29 is 13.2 Å². The molecule has 24 heavy (non-hydrogen) atoms. The van der Waals surface area contributed by atoms with E-state index >= 15 is 0 Å². The number of rotatable bonds is 5. The molecule has 128 valence electrons. The number of hydrogen-bond donors (Lipinski definition) is 1. The largest absolute Gasteiger partial charge is 0.350 e. The smallest absolute Gasteiger partial charge is 0.242 e. The summed E-state index contributed by atoms with van der Waals surface area (Å²) in [5, 5.41) is 2.81. The van der Waals surface area contributed by atoms with Gasteiger partial charge in [-0.3, -0.25) is 4.79 Å². The summed E-state index contributed by atoms with van der Waals surface area (Å²) in [7, 11) is -3.70. The Morgan fingerprint density at radius 3 is 2.38 bits per heavy atom. The molecule has 1 aromatic heterocycles. The van der Waals surface area contributed by atoms with Crippen molar-refractivity contribution in [3.63, 3.8) is 0 Å². The van der Waals surface area contributed by atoms with E-state index in [4.69, 9.17) is 0 Å². The molecular weight excluding hydrogens is 410 g/mol. The highest BCUT2D eigenvalue weighted by molar-refractivity contribution is 9.11. The summed E-state index contributed by atoms with van der Waals surface area (Å²) in [4.78, 5) is 13.9. The van der Waals surface area contributed by atoms with Crippen LogP contribution in [0.5, 0.6) is 0 Å². The van der Waals surface area contributed by atoms with Crippen LogP contribution in [0.25, 0.3) is 0 Å². The summed E-state index contributed by atoms with van der Waals surface area (Å²) < 4.78 is 25.7. The fourth-order valence-corrected chi connectivity index (χ4v) is 6.34. The highest BCUT2D eigenvalue weighted by Crippen LogP contribution is 2.43. The summed E-state index contributed by atoms with van der Waals surface area (Å²) in [6.07, 6.45) is 1.51. The normalized spacial score (nSPS) is 16.4. The molecule has 0 saturated heterocycles. The van der Waals surface area contributed by atoms with Crippen molar-refractivity contribution >= 4 is 43.0 Å². The van der Waals surface area contributed by atoms with Gasteiger partial charge in [-0.25, -0.2) is 8.42 Å². The lowest BCUT2D eigenvalue weighted by Gasteiger charge is -2.39. The molecule has 0 radical (unpaired) electrons. The number of nitrogens with one attached hydrogen (secondary N) is 1. The summed E-state index contributed by atoms with van der Waals surface area (Å²) in [5.41, 5.74) is 0.990. The van der Waals surface area contributed by atoms with Gasteiger partial charge in [-0.1, -0.05) is 17.7 Å². The minimum Gasteiger partial charge on any atom is -0.350 e. The molecule has 1 N–H and O–H groups in total. The van der Waals surface area contributed by atoms with E-state index in [2.05, 4.69) is 21.2 Å². The monoisotopic (exact) mass is 427 g/mol. The van der Waals surface area contributed by atoms with Gasteiger partial charge in [0.05, 0.1) is 15.2 Å². The number of benzene rings is 1. The molecule has 1 aromatic carbocycles. The number of amides is 1. The molecule has 0 spiro atoms. The number of carbonyl (C=O) groups excluding carboxylic acids is 1. The first-order valence-electron chi connectivity index (χ1n) is 7.69. The second kappa shape index (κ2) is 6.61. The fraction of sp³-hybridized carbons (Fsp3) is 0.353. The average molecular weight is 428 g/mol. The van der Waals surface area contributed by atoms with Crippen LogP contribution >= 0.6 is 27.3 Å². The summed E-state index contributed by atoms with van der Waals surface area (Å²) in [6, 6.07) is 10.5. The minimum atomic E-state index is -3.70. The van der Waals surface area contributed by atoms with Crippen LogP contribution in [0, 0.1) is 6.92 Å². The maximum atomic E-state index is 13.0. The summed E-state index contributed by atoms with van der Waals surface area (Å²) in [5.74, 6) is -0.390. The third-order valence-electron chi connectivity index (χ3n) is 4.47. The lowest BCUT2D eigenvalue weighted by Crippen LogP contribution is -2.56. The molecule has 1 aliphatic carbocycles. The maximum Gasteiger partial charge on any atom is 0.242 e. The first-order chi connectivity index (χ1) is 11.3. The highest BCUT2D eigenvalue weighted by atomic mass is 79.9. The van der Waals surface area contributed by atoms with Crippen LogP contribution in [-0.4, -0.2) is 19.1 Å². The van der Waals surface area contributed by atoms with Crippen molar-refractivity contribution in [1.29, 1.82) is 0 Å². The van der Waals surface area contributed by atoms with Gasteiger partial charge in [-0.05, 0) is 66.4 Å². The third-order valence-corrected chi connectivity index (χ3v) is 8.61. The SMILES string of the molecule is Cc1ccc(S(=O)(=O)C2(C(=O)NCc3ccc(Br)s3)CCC2)cc1. The van der Waals surface area contributed by atoms with Gasteiger partial charge in [0, 0.05) is 4.88 Å². The predicted octanol–water partition coefficient (Wildman–Crippen LogP) is 3.83. The molecule has 1 fully saturated rings. The van der Waals surface area contributed by atoms with Gasteiger partial charge in [-0.2, -0.15) is 0 Å². The molecule has 0 bridgehead atoms. The lowest BCUT2D eigenvalue weighted by atomic mass is 9.83. The Morgan fingerprint density at radius 1 is 1.21 bits per heavy atom. The molecule has 1 aliphatic rings. The quantitative estimate of drug-likeness (QED) is 0.788. The zero-order chi connectivity index (χ0) is 17.4. The van der Waals surface area contributed by atoms with Gasteiger partial charge in [0.2, 0.25) is 5.91 Å². The van der Waals surface area contributed by atoms with Crippen molar-refractivity contribution in [2.45, 2.75) is 42.4 Å². The van der Waals surface area contributed by atoms with Crippen LogP contribution < -0.4 is 5.32 Å². The van der Waals surface area contributed by atoms with E-state index in [0.717, 1.165) is 20.6 Å². The van der Waals surface area contributed by atoms with Gasteiger partial charge < -0.3 is 5.32 Å². The molecule has 0 unspecified atom stereocenters. The van der Waals surface area contributed by atoms with Crippen LogP contribution in [0.3, 0.4) is 0 Å². The van der Waals surface area contributed by atoms with E-state index < -0.39 is 14.6 Å². The topological polar surface area (TPSA) is 63.2 Å². The van der Waals surface area contributed by atoms with Gasteiger partial charge >= 0.3 is 0 Å². The molecule has 1 amide bonds. The Kier molecular flexibility index (Phi) is 4.86. The first-order valence-corrected chi connectivity index (χ1v) is 10.8. The van der Waals surface area contributed by atoms with Crippen LogP contribution in [0.4, 0.5) is 0 Å². The molecule has 1 saturated carbocycles. The summed E-state index contributed by atoms with van der Waals surface area (Å²) >= 11 is 4.91. The number of hydrogen-bond acceptors (Lipinski definition) is 4. The van der Waals surface area contributed by atoms with Gasteiger partial charge in [-0.15, -0.1) is 11.3 Å². The molecule has 0 atom stereocenters. The molecule has 2 aromatic rings. The van der Waals surface area contributed by atoms with E-state index in [1.165, 1.54) is 11.3 Å². The van der Waals surface area contributed by atoms with E-state index in [-0.39, 0.29) is 10.8 Å². The van der Waals surface area contributed by atoms with Crippen molar-refractivity contribution in [2.24, 2.45) is 0 Å². The van der Waals surface area contributed by atoms with Crippen LogP contribution in [0.1, 0.15) is 29.7 Å². The van der Waals surface area contributed by atoms with Crippen molar-refractivity contribution in [3.8, 4) is 0 Å². The maximum absolute atomic E-state index is 13.0. The first kappa shape index (κ1) is 17.6. The number of halogens is 1. The van der Waals surface area contributed by atoms with Crippen molar-refractivity contribution in [2.75, 3.05) is 0 Å². The predicted molar refractivity (Wildman–Crippen MR) is 98.8 cm³/mol. The molecule has 0 aliphatic heterocycles. The van der Waals surface area contributed by atoms with E-state index in [1.807, 2.05) is 19.1 Å². The van der Waals surface area contributed by atoms with Gasteiger partial charge in [0.1, 0.15) is 0 Å². The van der Waals surface area contributed by atoms with Crippen LogP contribution in [0.15, 0.2) is 45.1 Å². The van der Waals surface area contributed by atoms with Crippen molar-refractivity contribution in [3.05, 3.63) is 50.6 Å². The molecule has 4 nitrogen and oxygen atoms in total. The van der Waals surface area contributed by atoms with Gasteiger partial charge in [0.15, 0.2) is 14.6 Å². The molecule has 3 rings (SSSR count). The van der Waals surface area contributed by atoms with Crippen molar-refractivity contribution in [1.82, 2.24) is 5.32 Å². The Morgan fingerprint density at radius 2 is 1.88 bits per heavy atom. The average Bonchev–Trinajstić information content (AvgIpc) is 2.90. The number of thiophene rings is 1. The second-order valence-corrected chi connectivity index (χ2v) is 10.9. The Labute approximate surface area is 154 Å². The summed E-state index contributed by atoms with van der Waals surface area (Å²) in [6.45, 7) is 2.25. The Hall–Kier alpha value is -1.18. The van der Waals surface area contributed by atoms with Gasteiger partial charge in [0.25, 0.3) is 0 Å². The minimum absolute atomic E-state index is 0.224. The van der Waals surface area contributed by atoms with Crippen LogP contribution in [0.2, 0.25) is 0 Å². The zero-order valence-corrected chi connectivity index (χ0v) is 16.4. The van der Waals surface area contributed by atoms with E-state index in [9.17, 15) is 13.2 Å². The molecule has 7 heteroatoms.